The average molecular weight is 196 g/mol. The quantitative estimate of drug-likeness (QED) is 0.786. The van der Waals surface area contributed by atoms with Gasteiger partial charge in [0.2, 0.25) is 0 Å². The molecule has 4 heteroatoms. The number of carbonyl (C=O) groups is 1. The molecule has 1 aromatic carbocycles. The van der Waals surface area contributed by atoms with Crippen molar-refractivity contribution in [3.05, 3.63) is 34.3 Å². The van der Waals surface area contributed by atoms with E-state index in [0.29, 0.717) is 10.6 Å². The lowest BCUT2D eigenvalue weighted by Crippen LogP contribution is -2.02. The number of halogens is 1. The highest BCUT2D eigenvalue weighted by Gasteiger charge is 2.11. The highest BCUT2D eigenvalue weighted by atomic mass is 35.5. The van der Waals surface area contributed by atoms with E-state index in [1.165, 1.54) is 6.07 Å². The zero-order chi connectivity index (χ0) is 9.84. The summed E-state index contributed by atoms with van der Waals surface area (Å²) in [6.45, 7) is 0. The second-order valence-electron chi connectivity index (χ2n) is 2.41. The monoisotopic (exact) mass is 195 g/mol. The largest absolute Gasteiger partial charge is 0.478 e. The molecule has 0 atom stereocenters. The number of carboxylic acids is 1. The van der Waals surface area contributed by atoms with E-state index in [2.05, 4.69) is 0 Å². The zero-order valence-corrected chi connectivity index (χ0v) is 7.38. The van der Waals surface area contributed by atoms with Crippen LogP contribution in [0.2, 0.25) is 5.02 Å². The molecule has 0 fully saturated rings. The van der Waals surface area contributed by atoms with Crippen LogP contribution in [-0.2, 0) is 6.42 Å². The number of rotatable bonds is 2. The van der Waals surface area contributed by atoms with E-state index in [1.54, 1.807) is 12.1 Å². The van der Waals surface area contributed by atoms with Crippen molar-refractivity contribution in [1.29, 1.82) is 5.26 Å². The molecule has 0 amide bonds. The molecule has 0 aliphatic heterocycles. The van der Waals surface area contributed by atoms with E-state index < -0.39 is 5.97 Å². The molecule has 0 spiro atoms. The Balaban J connectivity index is 3.27. The van der Waals surface area contributed by atoms with E-state index >= 15 is 0 Å². The van der Waals surface area contributed by atoms with Gasteiger partial charge in [-0.2, -0.15) is 5.26 Å². The molecule has 0 aliphatic rings. The first kappa shape index (κ1) is 9.56. The molecule has 13 heavy (non-hydrogen) atoms. The number of benzene rings is 1. The fourth-order valence-corrected chi connectivity index (χ4v) is 1.26. The number of nitrogens with zero attached hydrogens (tertiary/aromatic N) is 1. The van der Waals surface area contributed by atoms with E-state index in [9.17, 15) is 4.79 Å². The van der Waals surface area contributed by atoms with Crippen molar-refractivity contribution in [2.75, 3.05) is 0 Å². The zero-order valence-electron chi connectivity index (χ0n) is 6.62. The fourth-order valence-electron chi connectivity index (χ4n) is 1.02. The predicted molar refractivity (Wildman–Crippen MR) is 47.7 cm³/mol. The van der Waals surface area contributed by atoms with Gasteiger partial charge in [0, 0.05) is 5.02 Å². The molecule has 3 nitrogen and oxygen atoms in total. The first-order valence-corrected chi connectivity index (χ1v) is 3.92. The van der Waals surface area contributed by atoms with Crippen LogP contribution in [0.5, 0.6) is 0 Å². The molecule has 0 saturated heterocycles. The summed E-state index contributed by atoms with van der Waals surface area (Å²) in [7, 11) is 0. The van der Waals surface area contributed by atoms with Gasteiger partial charge in [0.25, 0.3) is 0 Å². The Labute approximate surface area is 80.2 Å². The summed E-state index contributed by atoms with van der Waals surface area (Å²) in [6.07, 6.45) is 0.0152. The summed E-state index contributed by atoms with van der Waals surface area (Å²) < 4.78 is 0. The van der Waals surface area contributed by atoms with Crippen LogP contribution >= 0.6 is 11.6 Å². The summed E-state index contributed by atoms with van der Waals surface area (Å²) in [4.78, 5) is 10.7. The van der Waals surface area contributed by atoms with Crippen LogP contribution in [-0.4, -0.2) is 11.1 Å². The second kappa shape index (κ2) is 3.92. The predicted octanol–water partition coefficient (Wildman–Crippen LogP) is 2.10. The molecular formula is C9H6ClNO2. The first-order chi connectivity index (χ1) is 6.16. The molecular weight excluding hydrogens is 190 g/mol. The third kappa shape index (κ3) is 1.98. The van der Waals surface area contributed by atoms with Crippen LogP contribution in [0.15, 0.2) is 18.2 Å². The van der Waals surface area contributed by atoms with E-state index in [0.717, 1.165) is 0 Å². The lowest BCUT2D eigenvalue weighted by molar-refractivity contribution is 0.0696. The Morgan fingerprint density at radius 2 is 2.31 bits per heavy atom. The van der Waals surface area contributed by atoms with Gasteiger partial charge in [-0.15, -0.1) is 0 Å². The van der Waals surface area contributed by atoms with Crippen molar-refractivity contribution in [2.24, 2.45) is 0 Å². The maximum atomic E-state index is 10.7. The van der Waals surface area contributed by atoms with Crippen LogP contribution in [0, 0.1) is 11.3 Å². The molecule has 0 bridgehead atoms. The second-order valence-corrected chi connectivity index (χ2v) is 2.81. The SMILES string of the molecule is N#CCc1c(Cl)cccc1C(=O)O. The molecule has 66 valence electrons. The molecule has 0 radical (unpaired) electrons. The van der Waals surface area contributed by atoms with Crippen molar-refractivity contribution in [3.63, 3.8) is 0 Å². The van der Waals surface area contributed by atoms with Gasteiger partial charge < -0.3 is 5.11 Å². The van der Waals surface area contributed by atoms with Gasteiger partial charge in [0.15, 0.2) is 0 Å². The average Bonchev–Trinajstić information content (AvgIpc) is 2.08. The van der Waals surface area contributed by atoms with Crippen molar-refractivity contribution in [1.82, 2.24) is 0 Å². The van der Waals surface area contributed by atoms with Crippen molar-refractivity contribution in [3.8, 4) is 6.07 Å². The topological polar surface area (TPSA) is 61.1 Å². The maximum absolute atomic E-state index is 10.7. The number of aromatic carboxylic acids is 1. The highest BCUT2D eigenvalue weighted by molar-refractivity contribution is 6.31. The van der Waals surface area contributed by atoms with Crippen molar-refractivity contribution in [2.45, 2.75) is 6.42 Å². The molecule has 0 aliphatic carbocycles. The summed E-state index contributed by atoms with van der Waals surface area (Å²) in [5, 5.41) is 17.5. The summed E-state index contributed by atoms with van der Waals surface area (Å²) in [5.74, 6) is -1.06. The maximum Gasteiger partial charge on any atom is 0.336 e. The van der Waals surface area contributed by atoms with E-state index in [-0.39, 0.29) is 12.0 Å². The van der Waals surface area contributed by atoms with Crippen molar-refractivity contribution >= 4 is 17.6 Å². The minimum Gasteiger partial charge on any atom is -0.478 e. The summed E-state index contributed by atoms with van der Waals surface area (Å²) in [6, 6.07) is 6.42. The molecule has 1 N–H and O–H groups in total. The third-order valence-electron chi connectivity index (χ3n) is 1.61. The Morgan fingerprint density at radius 3 is 2.85 bits per heavy atom. The van der Waals surface area contributed by atoms with Crippen LogP contribution in [0.25, 0.3) is 0 Å². The summed E-state index contributed by atoms with van der Waals surface area (Å²) in [5.41, 5.74) is 0.466. The van der Waals surface area contributed by atoms with Crippen LogP contribution in [0.4, 0.5) is 0 Å². The van der Waals surface area contributed by atoms with Gasteiger partial charge in [0.1, 0.15) is 0 Å². The minimum atomic E-state index is -1.06. The van der Waals surface area contributed by atoms with Crippen molar-refractivity contribution < 1.29 is 9.90 Å². The molecule has 0 saturated carbocycles. The minimum absolute atomic E-state index is 0.0152. The molecule has 1 rings (SSSR count). The van der Waals surface area contributed by atoms with Gasteiger partial charge in [-0.25, -0.2) is 4.79 Å². The van der Waals surface area contributed by atoms with Crippen LogP contribution in [0.1, 0.15) is 15.9 Å². The standard InChI is InChI=1S/C9H6ClNO2/c10-8-3-1-2-7(9(12)13)6(8)4-5-11/h1-3H,4H2,(H,12,13). The number of hydrogen-bond donors (Lipinski definition) is 1. The van der Waals surface area contributed by atoms with Gasteiger partial charge in [-0.05, 0) is 17.7 Å². The normalized spacial score (nSPS) is 9.23. The number of nitriles is 1. The number of hydrogen-bond acceptors (Lipinski definition) is 2. The van der Waals surface area contributed by atoms with Crippen LogP contribution < -0.4 is 0 Å². The Bertz CT molecular complexity index is 382. The molecule has 0 aromatic heterocycles. The first-order valence-electron chi connectivity index (χ1n) is 3.54. The van der Waals surface area contributed by atoms with Gasteiger partial charge in [0.05, 0.1) is 18.1 Å². The van der Waals surface area contributed by atoms with E-state index in [4.69, 9.17) is 22.0 Å². The Hall–Kier alpha value is -1.53. The Morgan fingerprint density at radius 1 is 1.62 bits per heavy atom. The van der Waals surface area contributed by atoms with Crippen LogP contribution in [0.3, 0.4) is 0 Å². The Kier molecular flexibility index (Phi) is 2.88. The van der Waals surface area contributed by atoms with Gasteiger partial charge in [-0.3, -0.25) is 0 Å². The summed E-state index contributed by atoms with van der Waals surface area (Å²) >= 11 is 5.74. The lowest BCUT2D eigenvalue weighted by atomic mass is 10.1. The van der Waals surface area contributed by atoms with Gasteiger partial charge in [-0.1, -0.05) is 17.7 Å². The van der Waals surface area contributed by atoms with Gasteiger partial charge >= 0.3 is 5.97 Å². The molecule has 0 unspecified atom stereocenters. The van der Waals surface area contributed by atoms with E-state index in [1.807, 2.05) is 6.07 Å². The lowest BCUT2D eigenvalue weighted by Gasteiger charge is -2.03. The molecule has 1 aromatic rings. The highest BCUT2D eigenvalue weighted by Crippen LogP contribution is 2.20. The smallest absolute Gasteiger partial charge is 0.336 e. The molecule has 0 heterocycles. The number of carboxylic acid groups (broad SMARTS) is 1. The third-order valence-corrected chi connectivity index (χ3v) is 1.96. The fraction of sp³-hybridized carbons (Fsp3) is 0.111.